The van der Waals surface area contributed by atoms with Crippen LogP contribution < -0.4 is 14.2 Å². The Hall–Kier alpha value is -2.00. The van der Waals surface area contributed by atoms with Crippen molar-refractivity contribution in [3.63, 3.8) is 0 Å². The Kier molecular flexibility index (Phi) is 5.61. The molecule has 0 saturated carbocycles. The molecule has 0 bridgehead atoms. The molecular weight excluding hydrogens is 314 g/mol. The van der Waals surface area contributed by atoms with Crippen LogP contribution in [0.3, 0.4) is 0 Å². The predicted octanol–water partition coefficient (Wildman–Crippen LogP) is 0.590. The zero-order valence-electron chi connectivity index (χ0n) is 13.0. The molecule has 0 fully saturated rings. The Morgan fingerprint density at radius 1 is 1.09 bits per heavy atom. The van der Waals surface area contributed by atoms with Gasteiger partial charge in [0.05, 0.1) is 27.8 Å². The third-order valence-electron chi connectivity index (χ3n) is 2.95. The minimum Gasteiger partial charge on any atom is -0.492 e. The largest absolute Gasteiger partial charge is 0.492 e. The summed E-state index contributed by atoms with van der Waals surface area (Å²) in [7, 11) is 2.82. The standard InChI is InChI=1S/C13H19NO7S/c1-14(2)22(17,18)9-6-8(7-10(15)16)11(19-3)13(21-5)12(9)20-4/h6H,7H2,1-5H3,(H,15,16). The number of aliphatic carboxylic acids is 1. The minimum atomic E-state index is -3.86. The Labute approximate surface area is 129 Å². The van der Waals surface area contributed by atoms with E-state index in [1.165, 1.54) is 41.5 Å². The fourth-order valence-corrected chi connectivity index (χ4v) is 3.03. The van der Waals surface area contributed by atoms with E-state index >= 15 is 0 Å². The van der Waals surface area contributed by atoms with Crippen molar-refractivity contribution in [2.24, 2.45) is 0 Å². The van der Waals surface area contributed by atoms with Crippen molar-refractivity contribution < 1.29 is 32.5 Å². The zero-order chi connectivity index (χ0) is 17.1. The molecular formula is C13H19NO7S. The Bertz CT molecular complexity index is 667. The Morgan fingerprint density at radius 3 is 1.95 bits per heavy atom. The van der Waals surface area contributed by atoms with Crippen LogP contribution in [0.5, 0.6) is 17.2 Å². The summed E-state index contributed by atoms with van der Waals surface area (Å²) in [6, 6.07) is 1.23. The fraction of sp³-hybridized carbons (Fsp3) is 0.462. The number of carboxylic acid groups (broad SMARTS) is 1. The van der Waals surface area contributed by atoms with Crippen LogP contribution in [0, 0.1) is 0 Å². The van der Waals surface area contributed by atoms with Gasteiger partial charge in [0.15, 0.2) is 11.5 Å². The third kappa shape index (κ3) is 3.25. The number of carboxylic acids is 1. The lowest BCUT2D eigenvalue weighted by molar-refractivity contribution is -0.136. The molecule has 0 unspecified atom stereocenters. The number of nitrogens with zero attached hydrogens (tertiary/aromatic N) is 1. The van der Waals surface area contributed by atoms with Crippen molar-refractivity contribution in [1.82, 2.24) is 4.31 Å². The van der Waals surface area contributed by atoms with Crippen LogP contribution in [-0.2, 0) is 21.2 Å². The molecule has 1 aromatic carbocycles. The molecule has 8 nitrogen and oxygen atoms in total. The average molecular weight is 333 g/mol. The first-order chi connectivity index (χ1) is 10.2. The maximum atomic E-state index is 12.4. The summed E-state index contributed by atoms with van der Waals surface area (Å²) in [6.45, 7) is 0. The second kappa shape index (κ2) is 6.84. The van der Waals surface area contributed by atoms with E-state index in [2.05, 4.69) is 0 Å². The van der Waals surface area contributed by atoms with Gasteiger partial charge >= 0.3 is 5.97 Å². The highest BCUT2D eigenvalue weighted by atomic mass is 32.2. The third-order valence-corrected chi connectivity index (χ3v) is 4.77. The maximum absolute atomic E-state index is 12.4. The molecule has 1 rings (SSSR count). The van der Waals surface area contributed by atoms with E-state index in [1.54, 1.807) is 0 Å². The summed E-state index contributed by atoms with van der Waals surface area (Å²) in [4.78, 5) is 10.8. The second-order valence-corrected chi connectivity index (χ2v) is 6.61. The van der Waals surface area contributed by atoms with Gasteiger partial charge < -0.3 is 19.3 Å². The van der Waals surface area contributed by atoms with Gasteiger partial charge in [0.1, 0.15) is 4.90 Å². The summed E-state index contributed by atoms with van der Waals surface area (Å²) in [6.07, 6.45) is -0.417. The number of methoxy groups -OCH3 is 3. The minimum absolute atomic E-state index is 0.0316. The topological polar surface area (TPSA) is 102 Å². The lowest BCUT2D eigenvalue weighted by Crippen LogP contribution is -2.23. The molecule has 124 valence electrons. The van der Waals surface area contributed by atoms with Gasteiger partial charge in [-0.1, -0.05) is 0 Å². The van der Waals surface area contributed by atoms with Crippen LogP contribution in [0.15, 0.2) is 11.0 Å². The molecule has 0 heterocycles. The summed E-state index contributed by atoms with van der Waals surface area (Å²) >= 11 is 0. The number of rotatable bonds is 7. The van der Waals surface area contributed by atoms with Crippen molar-refractivity contribution >= 4 is 16.0 Å². The molecule has 1 N–H and O–H groups in total. The molecule has 0 spiro atoms. The molecule has 0 aliphatic rings. The van der Waals surface area contributed by atoms with Crippen molar-refractivity contribution in [2.45, 2.75) is 11.3 Å². The van der Waals surface area contributed by atoms with Crippen molar-refractivity contribution in [1.29, 1.82) is 0 Å². The van der Waals surface area contributed by atoms with Gasteiger partial charge in [0, 0.05) is 19.7 Å². The van der Waals surface area contributed by atoms with Crippen molar-refractivity contribution in [3.05, 3.63) is 11.6 Å². The van der Waals surface area contributed by atoms with Gasteiger partial charge in [-0.3, -0.25) is 4.79 Å². The second-order valence-electron chi connectivity index (χ2n) is 4.49. The lowest BCUT2D eigenvalue weighted by Gasteiger charge is -2.20. The van der Waals surface area contributed by atoms with Gasteiger partial charge in [-0.15, -0.1) is 0 Å². The first kappa shape index (κ1) is 18.1. The first-order valence-electron chi connectivity index (χ1n) is 6.16. The van der Waals surface area contributed by atoms with Crippen molar-refractivity contribution in [2.75, 3.05) is 35.4 Å². The average Bonchev–Trinajstić information content (AvgIpc) is 2.44. The molecule has 0 atom stereocenters. The molecule has 0 amide bonds. The molecule has 0 aliphatic heterocycles. The Balaban J connectivity index is 3.81. The zero-order valence-corrected chi connectivity index (χ0v) is 13.9. The highest BCUT2D eigenvalue weighted by Gasteiger charge is 2.30. The van der Waals surface area contributed by atoms with E-state index in [0.29, 0.717) is 0 Å². The number of carbonyl (C=O) groups is 1. The molecule has 0 saturated heterocycles. The number of sulfonamides is 1. The van der Waals surface area contributed by atoms with Crippen LogP contribution >= 0.6 is 0 Å². The highest BCUT2D eigenvalue weighted by molar-refractivity contribution is 7.89. The summed E-state index contributed by atoms with van der Waals surface area (Å²) < 4.78 is 41.3. The number of hydrogen-bond acceptors (Lipinski definition) is 6. The summed E-state index contributed by atoms with van der Waals surface area (Å²) in [5, 5.41) is 8.99. The number of hydrogen-bond donors (Lipinski definition) is 1. The smallest absolute Gasteiger partial charge is 0.307 e. The highest BCUT2D eigenvalue weighted by Crippen LogP contribution is 2.45. The van der Waals surface area contributed by atoms with Crippen LogP contribution in [0.2, 0.25) is 0 Å². The fourth-order valence-electron chi connectivity index (χ4n) is 1.94. The molecule has 1 aromatic rings. The van der Waals surface area contributed by atoms with E-state index in [0.717, 1.165) is 4.31 Å². The summed E-state index contributed by atoms with van der Waals surface area (Å²) in [5.74, 6) is -1.01. The predicted molar refractivity (Wildman–Crippen MR) is 78.3 cm³/mol. The van der Waals surface area contributed by atoms with Gasteiger partial charge in [-0.05, 0) is 6.07 Å². The van der Waals surface area contributed by atoms with Gasteiger partial charge in [-0.2, -0.15) is 0 Å². The molecule has 0 aliphatic carbocycles. The molecule has 9 heteroatoms. The molecule has 22 heavy (non-hydrogen) atoms. The number of benzene rings is 1. The SMILES string of the molecule is COc1c(CC(=O)O)cc(S(=O)(=O)N(C)C)c(OC)c1OC. The quantitative estimate of drug-likeness (QED) is 0.779. The van der Waals surface area contributed by atoms with E-state index in [4.69, 9.17) is 19.3 Å². The van der Waals surface area contributed by atoms with E-state index in [1.807, 2.05) is 0 Å². The lowest BCUT2D eigenvalue weighted by atomic mass is 10.1. The van der Waals surface area contributed by atoms with E-state index < -0.39 is 22.4 Å². The van der Waals surface area contributed by atoms with Crippen LogP contribution in [-0.4, -0.2) is 59.2 Å². The Morgan fingerprint density at radius 2 is 1.59 bits per heavy atom. The molecule has 0 aromatic heterocycles. The molecule has 0 radical (unpaired) electrons. The van der Waals surface area contributed by atoms with Crippen LogP contribution in [0.4, 0.5) is 0 Å². The van der Waals surface area contributed by atoms with E-state index in [9.17, 15) is 13.2 Å². The van der Waals surface area contributed by atoms with Gasteiger partial charge in [0.2, 0.25) is 15.8 Å². The normalized spacial score (nSPS) is 11.4. The van der Waals surface area contributed by atoms with Gasteiger partial charge in [-0.25, -0.2) is 12.7 Å². The monoisotopic (exact) mass is 333 g/mol. The van der Waals surface area contributed by atoms with Crippen molar-refractivity contribution in [3.8, 4) is 17.2 Å². The first-order valence-corrected chi connectivity index (χ1v) is 7.60. The maximum Gasteiger partial charge on any atom is 0.307 e. The van der Waals surface area contributed by atoms with Gasteiger partial charge in [0.25, 0.3) is 0 Å². The number of ether oxygens (including phenoxy) is 3. The summed E-state index contributed by atoms with van der Waals surface area (Å²) in [5.41, 5.74) is 0.174. The van der Waals surface area contributed by atoms with Crippen LogP contribution in [0.1, 0.15) is 5.56 Å². The van der Waals surface area contributed by atoms with Crippen LogP contribution in [0.25, 0.3) is 0 Å². The van der Waals surface area contributed by atoms with E-state index in [-0.39, 0.29) is 27.7 Å².